The normalized spacial score (nSPS) is 13.4. The molecule has 5 nitrogen and oxygen atoms in total. The molecule has 2 aromatic heterocycles. The first-order valence-electron chi connectivity index (χ1n) is 8.97. The van der Waals surface area contributed by atoms with Crippen LogP contribution in [-0.4, -0.2) is 28.1 Å². The zero-order chi connectivity index (χ0) is 18.3. The lowest BCUT2D eigenvalue weighted by Crippen LogP contribution is -2.18. The zero-order valence-corrected chi connectivity index (χ0v) is 18.8. The van der Waals surface area contributed by atoms with Gasteiger partial charge in [-0.2, -0.15) is 0 Å². The van der Waals surface area contributed by atoms with Crippen LogP contribution in [0.3, 0.4) is 0 Å². The molecule has 158 valence electrons. The number of benzene rings is 1. The van der Waals surface area contributed by atoms with Gasteiger partial charge in [0.15, 0.2) is 5.43 Å². The highest BCUT2D eigenvalue weighted by molar-refractivity contribution is 5.86. The van der Waals surface area contributed by atoms with Crippen molar-refractivity contribution in [3.05, 3.63) is 57.4 Å². The van der Waals surface area contributed by atoms with E-state index in [1.54, 1.807) is 6.20 Å². The number of phenolic OH excluding ortho intramolecular Hbond substituents is 1. The van der Waals surface area contributed by atoms with E-state index in [4.69, 9.17) is 4.42 Å². The Bertz CT molecular complexity index is 1020. The Morgan fingerprint density at radius 1 is 1.03 bits per heavy atom. The average Bonchev–Trinajstić information content (AvgIpc) is 3.12. The highest BCUT2D eigenvalue weighted by Crippen LogP contribution is 2.29. The van der Waals surface area contributed by atoms with Gasteiger partial charge in [-0.05, 0) is 74.7 Å². The third-order valence-corrected chi connectivity index (χ3v) is 5.02. The molecule has 8 heteroatoms. The molecule has 0 atom stereocenters. The highest BCUT2D eigenvalue weighted by atomic mass is 35.5. The first kappa shape index (κ1) is 25.2. The number of hydrogen-bond donors (Lipinski definition) is 1. The van der Waals surface area contributed by atoms with E-state index >= 15 is 0 Å². The molecule has 1 N–H and O–H groups in total. The SMILES string of the molecule is Cc1cc(-c2cc(=O)c3cc(CN4CCCC4)cnc3o2)cc(C)c1O.Cl.Cl.Cl. The largest absolute Gasteiger partial charge is 0.507 e. The molecule has 0 aliphatic carbocycles. The fourth-order valence-corrected chi connectivity index (χ4v) is 3.61. The Balaban J connectivity index is 0.00000140. The Morgan fingerprint density at radius 2 is 1.66 bits per heavy atom. The van der Waals surface area contributed by atoms with Gasteiger partial charge in [0.1, 0.15) is 11.5 Å². The molecule has 3 aromatic rings. The number of aromatic nitrogens is 1. The summed E-state index contributed by atoms with van der Waals surface area (Å²) in [6, 6.07) is 7.03. The topological polar surface area (TPSA) is 66.6 Å². The third-order valence-electron chi connectivity index (χ3n) is 5.02. The lowest BCUT2D eigenvalue weighted by Gasteiger charge is -2.14. The van der Waals surface area contributed by atoms with Crippen molar-refractivity contribution in [2.75, 3.05) is 13.1 Å². The van der Waals surface area contributed by atoms with Crippen molar-refractivity contribution in [2.45, 2.75) is 33.2 Å². The standard InChI is InChI=1S/C21H22N2O3.3ClH/c1-13-7-16(8-14(2)20(13)25)19-10-18(24)17-9-15(11-22-21(17)26-19)12-23-5-3-4-6-23;;;/h7-11,25H,3-6,12H2,1-2H3;3*1H. The van der Waals surface area contributed by atoms with Gasteiger partial charge >= 0.3 is 0 Å². The second kappa shape index (κ2) is 10.3. The molecule has 0 amide bonds. The summed E-state index contributed by atoms with van der Waals surface area (Å²) in [5, 5.41) is 10.5. The predicted molar refractivity (Wildman–Crippen MR) is 123 cm³/mol. The number of rotatable bonds is 3. The summed E-state index contributed by atoms with van der Waals surface area (Å²) < 4.78 is 5.90. The first-order chi connectivity index (χ1) is 12.5. The number of likely N-dealkylation sites (tertiary alicyclic amines) is 1. The van der Waals surface area contributed by atoms with E-state index in [2.05, 4.69) is 9.88 Å². The molecule has 29 heavy (non-hydrogen) atoms. The van der Waals surface area contributed by atoms with Crippen LogP contribution in [0.4, 0.5) is 0 Å². The van der Waals surface area contributed by atoms with E-state index in [1.165, 1.54) is 18.9 Å². The number of hydrogen-bond acceptors (Lipinski definition) is 5. The van der Waals surface area contributed by atoms with Crippen LogP contribution in [-0.2, 0) is 6.54 Å². The van der Waals surface area contributed by atoms with E-state index < -0.39 is 0 Å². The molecular formula is C21H25Cl3N2O3. The molecule has 0 unspecified atom stereocenters. The number of halogens is 3. The Hall–Kier alpha value is -1.79. The summed E-state index contributed by atoms with van der Waals surface area (Å²) in [6.45, 7) is 6.68. The van der Waals surface area contributed by atoms with Gasteiger partial charge < -0.3 is 9.52 Å². The summed E-state index contributed by atoms with van der Waals surface area (Å²) in [7, 11) is 0. The van der Waals surface area contributed by atoms with Gasteiger partial charge in [-0.25, -0.2) is 4.98 Å². The minimum atomic E-state index is -0.0968. The van der Waals surface area contributed by atoms with Crippen LogP contribution in [0.25, 0.3) is 22.4 Å². The average molecular weight is 460 g/mol. The minimum absolute atomic E-state index is 0. The van der Waals surface area contributed by atoms with Crippen LogP contribution >= 0.6 is 37.2 Å². The summed E-state index contributed by atoms with van der Waals surface area (Å²) in [4.78, 5) is 19.4. The number of fused-ring (bicyclic) bond motifs is 1. The van der Waals surface area contributed by atoms with Crippen LogP contribution in [0.2, 0.25) is 0 Å². The maximum atomic E-state index is 12.6. The van der Waals surface area contributed by atoms with Crippen LogP contribution in [0, 0.1) is 13.8 Å². The van der Waals surface area contributed by atoms with E-state index in [0.717, 1.165) is 41.9 Å². The molecule has 0 spiro atoms. The van der Waals surface area contributed by atoms with Crippen LogP contribution in [0.1, 0.15) is 29.5 Å². The maximum absolute atomic E-state index is 12.6. The zero-order valence-electron chi connectivity index (χ0n) is 16.3. The van der Waals surface area contributed by atoms with Gasteiger partial charge in [0.2, 0.25) is 5.71 Å². The highest BCUT2D eigenvalue weighted by Gasteiger charge is 2.14. The molecule has 4 rings (SSSR count). The second-order valence-electron chi connectivity index (χ2n) is 7.11. The van der Waals surface area contributed by atoms with Crippen LogP contribution in [0.5, 0.6) is 5.75 Å². The third kappa shape index (κ3) is 5.23. The molecular weight excluding hydrogens is 435 g/mol. The van der Waals surface area contributed by atoms with Gasteiger partial charge in [0, 0.05) is 24.4 Å². The van der Waals surface area contributed by atoms with Crippen molar-refractivity contribution in [3.63, 3.8) is 0 Å². The van der Waals surface area contributed by atoms with Gasteiger partial charge in [-0.1, -0.05) is 0 Å². The number of nitrogens with zero attached hydrogens (tertiary/aromatic N) is 2. The monoisotopic (exact) mass is 458 g/mol. The predicted octanol–water partition coefficient (Wildman–Crippen LogP) is 5.04. The number of phenols is 1. The van der Waals surface area contributed by atoms with Gasteiger partial charge in [-0.15, -0.1) is 37.2 Å². The Morgan fingerprint density at radius 3 is 2.28 bits per heavy atom. The van der Waals surface area contributed by atoms with Crippen LogP contribution < -0.4 is 5.43 Å². The van der Waals surface area contributed by atoms with Gasteiger partial charge in [-0.3, -0.25) is 9.69 Å². The lowest BCUT2D eigenvalue weighted by atomic mass is 10.0. The van der Waals surface area contributed by atoms with E-state index in [9.17, 15) is 9.90 Å². The molecule has 1 saturated heterocycles. The molecule has 0 saturated carbocycles. The molecule has 1 aromatic carbocycles. The summed E-state index contributed by atoms with van der Waals surface area (Å²) in [5.41, 5.74) is 3.55. The lowest BCUT2D eigenvalue weighted by molar-refractivity contribution is 0.331. The molecule has 1 fully saturated rings. The van der Waals surface area contributed by atoms with Crippen LogP contribution in [0.15, 0.2) is 39.7 Å². The summed E-state index contributed by atoms with van der Waals surface area (Å²) in [5.74, 6) is 0.732. The molecule has 3 heterocycles. The fraction of sp³-hybridized carbons (Fsp3) is 0.333. The number of pyridine rings is 1. The number of aromatic hydroxyl groups is 1. The molecule has 1 aliphatic rings. The van der Waals surface area contributed by atoms with Crippen molar-refractivity contribution in [2.24, 2.45) is 0 Å². The molecule has 0 radical (unpaired) electrons. The molecule has 0 bridgehead atoms. The first-order valence-corrected chi connectivity index (χ1v) is 8.97. The quantitative estimate of drug-likeness (QED) is 0.594. The van der Waals surface area contributed by atoms with E-state index in [1.807, 2.05) is 32.0 Å². The van der Waals surface area contributed by atoms with Crippen molar-refractivity contribution < 1.29 is 9.52 Å². The Labute approximate surface area is 188 Å². The van der Waals surface area contributed by atoms with E-state index in [0.29, 0.717) is 16.9 Å². The van der Waals surface area contributed by atoms with Gasteiger partial charge in [0.05, 0.1) is 5.39 Å². The second-order valence-corrected chi connectivity index (χ2v) is 7.11. The Kier molecular flexibility index (Phi) is 8.97. The fourth-order valence-electron chi connectivity index (χ4n) is 3.61. The van der Waals surface area contributed by atoms with Gasteiger partial charge in [0.25, 0.3) is 0 Å². The summed E-state index contributed by atoms with van der Waals surface area (Å²) >= 11 is 0. The summed E-state index contributed by atoms with van der Waals surface area (Å²) in [6.07, 6.45) is 4.26. The minimum Gasteiger partial charge on any atom is -0.507 e. The smallest absolute Gasteiger partial charge is 0.230 e. The van der Waals surface area contributed by atoms with Crippen molar-refractivity contribution in [1.82, 2.24) is 9.88 Å². The molecule has 1 aliphatic heterocycles. The maximum Gasteiger partial charge on any atom is 0.230 e. The van der Waals surface area contributed by atoms with Crippen molar-refractivity contribution in [1.29, 1.82) is 0 Å². The van der Waals surface area contributed by atoms with Crippen molar-refractivity contribution in [3.8, 4) is 17.1 Å². The van der Waals surface area contributed by atoms with Crippen molar-refractivity contribution >= 4 is 48.3 Å². The number of aryl methyl sites for hydroxylation is 2. The van der Waals surface area contributed by atoms with E-state index in [-0.39, 0.29) is 48.4 Å².